The quantitative estimate of drug-likeness (QED) is 0.577. The number of nitrogens with zero attached hydrogens (tertiary/aromatic N) is 3. The maximum Gasteiger partial charge on any atom is 0.269 e. The second-order valence-electron chi connectivity index (χ2n) is 6.89. The van der Waals surface area contributed by atoms with E-state index in [1.165, 1.54) is 24.3 Å². The predicted molar refractivity (Wildman–Crippen MR) is 103 cm³/mol. The van der Waals surface area contributed by atoms with Gasteiger partial charge in [-0.1, -0.05) is 0 Å². The SMILES string of the molecule is O=C(c1ccc([N+](=O)[O-])cc1)N1CCC2(CC1)SCC(=O)N2Cc1ccco1. The Labute approximate surface area is 165 Å². The molecule has 0 bridgehead atoms. The number of thioether (sulfide) groups is 1. The molecule has 0 aliphatic carbocycles. The summed E-state index contributed by atoms with van der Waals surface area (Å²) < 4.78 is 5.41. The Bertz CT molecular complexity index is 889. The van der Waals surface area contributed by atoms with Crippen molar-refractivity contribution in [1.82, 2.24) is 9.80 Å². The summed E-state index contributed by atoms with van der Waals surface area (Å²) in [6.45, 7) is 1.50. The molecule has 28 heavy (non-hydrogen) atoms. The van der Waals surface area contributed by atoms with Crippen molar-refractivity contribution in [1.29, 1.82) is 0 Å². The topological polar surface area (TPSA) is 96.9 Å². The third-order valence-corrected chi connectivity index (χ3v) is 6.87. The molecule has 0 saturated carbocycles. The Kier molecular flexibility index (Phi) is 4.84. The Morgan fingerprint density at radius 2 is 1.93 bits per heavy atom. The van der Waals surface area contributed by atoms with Crippen LogP contribution >= 0.6 is 11.8 Å². The molecular formula is C19H19N3O5S. The van der Waals surface area contributed by atoms with Crippen LogP contribution in [-0.4, -0.2) is 50.3 Å². The number of amides is 2. The van der Waals surface area contributed by atoms with Crippen LogP contribution in [0.2, 0.25) is 0 Å². The van der Waals surface area contributed by atoms with Crippen molar-refractivity contribution in [2.24, 2.45) is 0 Å². The van der Waals surface area contributed by atoms with Crippen LogP contribution in [0.15, 0.2) is 47.1 Å². The number of hydrogen-bond donors (Lipinski definition) is 0. The molecule has 2 fully saturated rings. The Morgan fingerprint density at radius 3 is 2.54 bits per heavy atom. The Hall–Kier alpha value is -2.81. The fraction of sp³-hybridized carbons (Fsp3) is 0.368. The lowest BCUT2D eigenvalue weighted by molar-refractivity contribution is -0.384. The maximum absolute atomic E-state index is 12.7. The van der Waals surface area contributed by atoms with Crippen molar-refractivity contribution in [2.45, 2.75) is 24.3 Å². The van der Waals surface area contributed by atoms with Crippen molar-refractivity contribution in [2.75, 3.05) is 18.8 Å². The molecule has 0 radical (unpaired) electrons. The van der Waals surface area contributed by atoms with Crippen LogP contribution in [0.25, 0.3) is 0 Å². The largest absolute Gasteiger partial charge is 0.467 e. The van der Waals surface area contributed by atoms with Gasteiger partial charge in [-0.25, -0.2) is 0 Å². The minimum Gasteiger partial charge on any atom is -0.467 e. The van der Waals surface area contributed by atoms with E-state index in [0.717, 1.165) is 5.76 Å². The fourth-order valence-electron chi connectivity index (χ4n) is 3.75. The van der Waals surface area contributed by atoms with Crippen LogP contribution in [0.1, 0.15) is 29.0 Å². The molecule has 9 heteroatoms. The summed E-state index contributed by atoms with van der Waals surface area (Å²) in [4.78, 5) is 38.8. The van der Waals surface area contributed by atoms with Gasteiger partial charge in [0.15, 0.2) is 0 Å². The predicted octanol–water partition coefficient (Wildman–Crippen LogP) is 2.90. The van der Waals surface area contributed by atoms with Gasteiger partial charge in [-0.15, -0.1) is 11.8 Å². The number of furan rings is 1. The van der Waals surface area contributed by atoms with Gasteiger partial charge in [0.25, 0.3) is 11.6 Å². The maximum atomic E-state index is 12.7. The molecule has 2 aliphatic rings. The van der Waals surface area contributed by atoms with Crippen molar-refractivity contribution >= 4 is 29.3 Å². The van der Waals surface area contributed by atoms with Crippen LogP contribution in [0.5, 0.6) is 0 Å². The zero-order valence-electron chi connectivity index (χ0n) is 15.1. The van der Waals surface area contributed by atoms with Gasteiger partial charge in [-0.05, 0) is 37.1 Å². The second-order valence-corrected chi connectivity index (χ2v) is 8.23. The summed E-state index contributed by atoms with van der Waals surface area (Å²) in [5.74, 6) is 1.14. The zero-order chi connectivity index (χ0) is 19.7. The number of carbonyl (C=O) groups is 2. The molecule has 1 aromatic heterocycles. The minimum atomic E-state index is -0.485. The first kappa shape index (κ1) is 18.5. The van der Waals surface area contributed by atoms with E-state index in [0.29, 0.717) is 43.8 Å². The van der Waals surface area contributed by atoms with Crippen molar-refractivity contribution in [3.05, 3.63) is 64.1 Å². The molecule has 2 aliphatic heterocycles. The smallest absolute Gasteiger partial charge is 0.269 e. The van der Waals surface area contributed by atoms with Crippen LogP contribution < -0.4 is 0 Å². The van der Waals surface area contributed by atoms with E-state index in [4.69, 9.17) is 4.42 Å². The second kappa shape index (κ2) is 7.31. The molecule has 0 unspecified atom stereocenters. The average Bonchev–Trinajstić information content (AvgIpc) is 3.33. The van der Waals surface area contributed by atoms with Crippen LogP contribution in [0.4, 0.5) is 5.69 Å². The van der Waals surface area contributed by atoms with Gasteiger partial charge in [0.1, 0.15) is 5.76 Å². The lowest BCUT2D eigenvalue weighted by Crippen LogP contribution is -2.52. The third-order valence-electron chi connectivity index (χ3n) is 5.31. The molecular weight excluding hydrogens is 382 g/mol. The molecule has 2 amide bonds. The van der Waals surface area contributed by atoms with Crippen LogP contribution in [0.3, 0.4) is 0 Å². The van der Waals surface area contributed by atoms with E-state index in [2.05, 4.69) is 0 Å². The molecule has 146 valence electrons. The Morgan fingerprint density at radius 1 is 1.21 bits per heavy atom. The van der Waals surface area contributed by atoms with Crippen LogP contribution in [-0.2, 0) is 11.3 Å². The molecule has 4 rings (SSSR count). The third kappa shape index (κ3) is 3.37. The molecule has 0 N–H and O–H groups in total. The molecule has 1 aromatic carbocycles. The highest BCUT2D eigenvalue weighted by atomic mass is 32.2. The summed E-state index contributed by atoms with van der Waals surface area (Å²) >= 11 is 1.64. The van der Waals surface area contributed by atoms with Crippen molar-refractivity contribution in [3.63, 3.8) is 0 Å². The normalized spacial score (nSPS) is 18.6. The van der Waals surface area contributed by atoms with Gasteiger partial charge in [-0.2, -0.15) is 0 Å². The Balaban J connectivity index is 1.43. The number of piperidine rings is 1. The number of carbonyl (C=O) groups excluding carboxylic acids is 2. The monoisotopic (exact) mass is 401 g/mol. The van der Waals surface area contributed by atoms with Gasteiger partial charge in [-0.3, -0.25) is 19.7 Å². The number of hydrogen-bond acceptors (Lipinski definition) is 6. The number of non-ortho nitro benzene ring substituents is 1. The first-order valence-electron chi connectivity index (χ1n) is 8.99. The number of rotatable bonds is 4. The van der Waals surface area contributed by atoms with Gasteiger partial charge < -0.3 is 14.2 Å². The molecule has 8 nitrogen and oxygen atoms in total. The lowest BCUT2D eigenvalue weighted by Gasteiger charge is -2.43. The molecule has 2 saturated heterocycles. The van der Waals surface area contributed by atoms with Crippen LogP contribution in [0, 0.1) is 10.1 Å². The summed E-state index contributed by atoms with van der Waals surface area (Å²) in [7, 11) is 0. The van der Waals surface area contributed by atoms with Gasteiger partial charge in [0, 0.05) is 30.8 Å². The number of likely N-dealkylation sites (tertiary alicyclic amines) is 1. The summed E-state index contributed by atoms with van der Waals surface area (Å²) in [6, 6.07) is 9.33. The number of benzene rings is 1. The van der Waals surface area contributed by atoms with Gasteiger partial charge in [0.05, 0.1) is 28.4 Å². The lowest BCUT2D eigenvalue weighted by atomic mass is 10.0. The van der Waals surface area contributed by atoms with E-state index in [9.17, 15) is 19.7 Å². The van der Waals surface area contributed by atoms with Crippen molar-refractivity contribution < 1.29 is 18.9 Å². The van der Waals surface area contributed by atoms with Gasteiger partial charge in [0.2, 0.25) is 5.91 Å². The van der Waals surface area contributed by atoms with E-state index < -0.39 is 4.92 Å². The highest BCUT2D eigenvalue weighted by Crippen LogP contribution is 2.45. The van der Waals surface area contributed by atoms with E-state index in [1.54, 1.807) is 29.0 Å². The summed E-state index contributed by atoms with van der Waals surface area (Å²) in [5.41, 5.74) is 0.396. The molecule has 3 heterocycles. The minimum absolute atomic E-state index is 0.0383. The summed E-state index contributed by atoms with van der Waals surface area (Å²) in [6.07, 6.45) is 2.97. The average molecular weight is 401 g/mol. The number of nitro groups is 1. The van der Waals surface area contributed by atoms with E-state index in [-0.39, 0.29) is 22.4 Å². The van der Waals surface area contributed by atoms with Gasteiger partial charge >= 0.3 is 0 Å². The standard InChI is InChI=1S/C19H19N3O5S/c23-17-13-28-19(21(17)12-16-2-1-11-27-16)7-9-20(10-8-19)18(24)14-3-5-15(6-4-14)22(25)26/h1-6,11H,7-10,12-13H2. The fourth-order valence-corrected chi connectivity index (χ4v) is 5.09. The highest BCUT2D eigenvalue weighted by Gasteiger charge is 2.48. The molecule has 0 atom stereocenters. The van der Waals surface area contributed by atoms with E-state index >= 15 is 0 Å². The highest BCUT2D eigenvalue weighted by molar-refractivity contribution is 8.01. The first-order chi connectivity index (χ1) is 13.5. The summed E-state index contributed by atoms with van der Waals surface area (Å²) in [5, 5.41) is 10.8. The van der Waals surface area contributed by atoms with Crippen molar-refractivity contribution in [3.8, 4) is 0 Å². The molecule has 1 spiro atoms. The van der Waals surface area contributed by atoms with E-state index in [1.807, 2.05) is 11.0 Å². The zero-order valence-corrected chi connectivity index (χ0v) is 15.9. The number of nitro benzene ring substituents is 1. The first-order valence-corrected chi connectivity index (χ1v) is 9.98. The molecule has 2 aromatic rings.